The molecule has 1 N–H and O–H groups in total. The van der Waals surface area contributed by atoms with E-state index in [0.29, 0.717) is 40.6 Å². The largest absolute Gasteiger partial charge is 0.760 e. The third kappa shape index (κ3) is 5.09. The van der Waals surface area contributed by atoms with Gasteiger partial charge in [0, 0.05) is 30.4 Å². The minimum absolute atomic E-state index is 0.205. The normalized spacial score (nSPS) is 14.6. The summed E-state index contributed by atoms with van der Waals surface area (Å²) in [5.74, 6) is 0.586. The summed E-state index contributed by atoms with van der Waals surface area (Å²) >= 11 is -2.34. The van der Waals surface area contributed by atoms with Gasteiger partial charge in [0.05, 0.1) is 23.2 Å². The number of fused-ring (bicyclic) bond motifs is 1. The molecule has 0 radical (unpaired) electrons. The van der Waals surface area contributed by atoms with Crippen molar-refractivity contribution in [1.29, 1.82) is 0 Å². The zero-order valence-electron chi connectivity index (χ0n) is 20.3. The number of benzene rings is 1. The van der Waals surface area contributed by atoms with E-state index in [1.807, 2.05) is 38.1 Å². The summed E-state index contributed by atoms with van der Waals surface area (Å²) in [5.41, 5.74) is 5.62. The SMILES string of the molecule is CCCCCN(Cc1nc2oc(-c3ccc(C)c(C)c3)c(C(=O)NC)c2cc1C1CC1)S(=O)[O-]. The molecule has 1 saturated carbocycles. The van der Waals surface area contributed by atoms with Gasteiger partial charge in [-0.25, -0.2) is 9.29 Å². The maximum atomic E-state index is 12.9. The van der Waals surface area contributed by atoms with Crippen LogP contribution in [0.4, 0.5) is 0 Å². The number of carbonyl (C=O) groups is 1. The van der Waals surface area contributed by atoms with Crippen molar-refractivity contribution in [2.45, 2.75) is 65.3 Å². The first-order valence-corrected chi connectivity index (χ1v) is 13.0. The molecule has 182 valence electrons. The number of aryl methyl sites for hydroxylation is 2. The highest BCUT2D eigenvalue weighted by Crippen LogP contribution is 2.44. The minimum atomic E-state index is -2.34. The first kappa shape index (κ1) is 24.6. The van der Waals surface area contributed by atoms with Crippen molar-refractivity contribution in [3.05, 3.63) is 52.2 Å². The van der Waals surface area contributed by atoms with Crippen molar-refractivity contribution in [2.24, 2.45) is 0 Å². The second kappa shape index (κ2) is 10.4. The average molecular weight is 483 g/mol. The number of hydrogen-bond donors (Lipinski definition) is 1. The molecular weight excluding hydrogens is 450 g/mol. The van der Waals surface area contributed by atoms with E-state index in [1.54, 1.807) is 7.05 Å². The molecule has 0 aliphatic heterocycles. The number of amides is 1. The van der Waals surface area contributed by atoms with Gasteiger partial charge in [-0.1, -0.05) is 31.9 Å². The van der Waals surface area contributed by atoms with E-state index < -0.39 is 11.3 Å². The Morgan fingerprint density at radius 1 is 1.24 bits per heavy atom. The second-order valence-electron chi connectivity index (χ2n) is 9.12. The molecule has 34 heavy (non-hydrogen) atoms. The highest BCUT2D eigenvalue weighted by Gasteiger charge is 2.31. The third-order valence-corrected chi connectivity index (χ3v) is 7.32. The van der Waals surface area contributed by atoms with Crippen LogP contribution in [0.1, 0.15) is 77.7 Å². The van der Waals surface area contributed by atoms with Gasteiger partial charge in [-0.15, -0.1) is 0 Å². The number of unbranched alkanes of at least 4 members (excludes halogenated alkanes) is 2. The fourth-order valence-electron chi connectivity index (χ4n) is 4.30. The van der Waals surface area contributed by atoms with Gasteiger partial charge in [0.2, 0.25) is 5.71 Å². The Morgan fingerprint density at radius 3 is 2.62 bits per heavy atom. The number of hydrogen-bond acceptors (Lipinski definition) is 5. The van der Waals surface area contributed by atoms with Crippen molar-refractivity contribution in [1.82, 2.24) is 14.6 Å². The van der Waals surface area contributed by atoms with E-state index in [0.717, 1.165) is 54.4 Å². The summed E-state index contributed by atoms with van der Waals surface area (Å²) in [4.78, 5) is 17.7. The standard InChI is InChI=1S/C26H33N3O4S/c1-5-6-7-12-29(34(31)32)15-22-20(18-10-11-18)14-21-23(25(30)27-4)24(33-26(21)28-22)19-9-8-16(2)17(3)13-19/h8-9,13-14,18H,5-7,10-12,15H2,1-4H3,(H,27,30)(H,31,32)/p-1. The lowest BCUT2D eigenvalue weighted by atomic mass is 9.99. The first-order valence-electron chi connectivity index (χ1n) is 11.9. The van der Waals surface area contributed by atoms with E-state index >= 15 is 0 Å². The highest BCUT2D eigenvalue weighted by molar-refractivity contribution is 7.76. The lowest BCUT2D eigenvalue weighted by Gasteiger charge is -2.24. The quantitative estimate of drug-likeness (QED) is 0.319. The number of rotatable bonds is 10. The van der Waals surface area contributed by atoms with Crippen LogP contribution >= 0.6 is 0 Å². The summed E-state index contributed by atoms with van der Waals surface area (Å²) in [6.45, 7) is 6.82. The summed E-state index contributed by atoms with van der Waals surface area (Å²) in [5, 5.41) is 3.40. The van der Waals surface area contributed by atoms with Crippen LogP contribution in [-0.2, 0) is 17.8 Å². The van der Waals surface area contributed by atoms with Crippen LogP contribution in [0.25, 0.3) is 22.4 Å². The molecule has 1 unspecified atom stereocenters. The molecule has 2 heterocycles. The summed E-state index contributed by atoms with van der Waals surface area (Å²) in [7, 11) is 1.60. The van der Waals surface area contributed by atoms with Crippen molar-refractivity contribution >= 4 is 28.3 Å². The van der Waals surface area contributed by atoms with E-state index in [2.05, 4.69) is 12.2 Å². The molecule has 1 aromatic carbocycles. The zero-order chi connectivity index (χ0) is 24.4. The van der Waals surface area contributed by atoms with Crippen LogP contribution in [0, 0.1) is 13.8 Å². The van der Waals surface area contributed by atoms with E-state index in [-0.39, 0.29) is 12.5 Å². The molecule has 1 fully saturated rings. The van der Waals surface area contributed by atoms with Crippen molar-refractivity contribution in [3.8, 4) is 11.3 Å². The van der Waals surface area contributed by atoms with Gasteiger partial charge in [0.25, 0.3) is 5.91 Å². The molecular formula is C26H32N3O4S-. The number of carbonyl (C=O) groups excluding carboxylic acids is 1. The Labute approximate surface area is 203 Å². The summed E-state index contributed by atoms with van der Waals surface area (Å²) < 4.78 is 31.5. The fraction of sp³-hybridized carbons (Fsp3) is 0.462. The number of nitrogens with zero attached hydrogens (tertiary/aromatic N) is 2. The zero-order valence-corrected chi connectivity index (χ0v) is 21.1. The Morgan fingerprint density at radius 2 is 2.00 bits per heavy atom. The molecule has 1 amide bonds. The number of nitrogens with one attached hydrogen (secondary N) is 1. The van der Waals surface area contributed by atoms with Gasteiger partial charge in [0.1, 0.15) is 5.76 Å². The van der Waals surface area contributed by atoms with Crippen LogP contribution in [0.15, 0.2) is 28.7 Å². The smallest absolute Gasteiger partial charge is 0.255 e. The fourth-order valence-corrected chi connectivity index (χ4v) is 4.80. The maximum absolute atomic E-state index is 12.9. The lowest BCUT2D eigenvalue weighted by Crippen LogP contribution is -2.27. The van der Waals surface area contributed by atoms with Gasteiger partial charge in [-0.2, -0.15) is 0 Å². The molecule has 3 aromatic rings. The Balaban J connectivity index is 1.83. The minimum Gasteiger partial charge on any atom is -0.760 e. The topological polar surface area (TPSA) is 98.5 Å². The summed E-state index contributed by atoms with van der Waals surface area (Å²) in [6.07, 6.45) is 4.88. The van der Waals surface area contributed by atoms with Crippen molar-refractivity contribution < 1.29 is 18.0 Å². The van der Waals surface area contributed by atoms with Crippen molar-refractivity contribution in [3.63, 3.8) is 0 Å². The predicted octanol–water partition coefficient (Wildman–Crippen LogP) is 5.13. The second-order valence-corrected chi connectivity index (χ2v) is 10.1. The van der Waals surface area contributed by atoms with Gasteiger partial charge in [-0.3, -0.25) is 9.00 Å². The van der Waals surface area contributed by atoms with Gasteiger partial charge in [-0.05, 0) is 67.9 Å². The number of pyridine rings is 1. The third-order valence-electron chi connectivity index (χ3n) is 6.58. The van der Waals surface area contributed by atoms with Crippen LogP contribution in [0.5, 0.6) is 0 Å². The predicted molar refractivity (Wildman–Crippen MR) is 133 cm³/mol. The molecule has 1 atom stereocenters. The molecule has 2 aromatic heterocycles. The van der Waals surface area contributed by atoms with Crippen molar-refractivity contribution in [2.75, 3.05) is 13.6 Å². The molecule has 0 bridgehead atoms. The van der Waals surface area contributed by atoms with Gasteiger partial charge >= 0.3 is 0 Å². The average Bonchev–Trinajstić information content (AvgIpc) is 3.59. The van der Waals surface area contributed by atoms with E-state index in [4.69, 9.17) is 9.40 Å². The molecule has 1 aliphatic carbocycles. The number of aromatic nitrogens is 1. The van der Waals surface area contributed by atoms with Crippen LogP contribution in [0.2, 0.25) is 0 Å². The molecule has 0 saturated heterocycles. The summed E-state index contributed by atoms with van der Waals surface area (Å²) in [6, 6.07) is 7.97. The van der Waals surface area contributed by atoms with E-state index in [1.165, 1.54) is 4.31 Å². The lowest BCUT2D eigenvalue weighted by molar-refractivity contribution is 0.0964. The maximum Gasteiger partial charge on any atom is 0.255 e. The Bertz CT molecular complexity index is 1230. The highest BCUT2D eigenvalue weighted by atomic mass is 32.2. The molecule has 7 nitrogen and oxygen atoms in total. The monoisotopic (exact) mass is 482 g/mol. The first-order chi connectivity index (χ1) is 16.3. The Kier molecular flexibility index (Phi) is 7.50. The molecule has 0 spiro atoms. The molecule has 1 aliphatic rings. The van der Waals surface area contributed by atoms with Crippen LogP contribution in [0.3, 0.4) is 0 Å². The van der Waals surface area contributed by atoms with E-state index in [9.17, 15) is 13.6 Å². The van der Waals surface area contributed by atoms with Gasteiger partial charge in [0.15, 0.2) is 0 Å². The van der Waals surface area contributed by atoms with Crippen LogP contribution < -0.4 is 5.32 Å². The van der Waals surface area contributed by atoms with Crippen LogP contribution in [-0.4, -0.2) is 37.6 Å². The Hall–Kier alpha value is -2.55. The molecule has 4 rings (SSSR count). The van der Waals surface area contributed by atoms with Gasteiger partial charge < -0.3 is 14.3 Å². The molecule has 8 heteroatoms. The number of furan rings is 1.